The number of fused-ring (bicyclic) bond motifs is 1. The van der Waals surface area contributed by atoms with Gasteiger partial charge in [0, 0.05) is 30.7 Å². The van der Waals surface area contributed by atoms with Crippen molar-refractivity contribution in [2.75, 3.05) is 31.6 Å². The Hall–Kier alpha value is -2.43. The van der Waals surface area contributed by atoms with Crippen LogP contribution in [0.15, 0.2) is 18.3 Å². The van der Waals surface area contributed by atoms with Crippen LogP contribution in [-0.4, -0.2) is 53.7 Å². The van der Waals surface area contributed by atoms with Gasteiger partial charge in [-0.15, -0.1) is 0 Å². The van der Waals surface area contributed by atoms with Gasteiger partial charge >= 0.3 is 5.97 Å². The molecule has 3 rings (SSSR count). The zero-order chi connectivity index (χ0) is 19.6. The van der Waals surface area contributed by atoms with Crippen LogP contribution in [0.1, 0.15) is 24.8 Å². The van der Waals surface area contributed by atoms with Gasteiger partial charge in [-0.1, -0.05) is 11.6 Å². The molecule has 1 fully saturated rings. The fourth-order valence-electron chi connectivity index (χ4n) is 3.71. The van der Waals surface area contributed by atoms with Gasteiger partial charge in [0.2, 0.25) is 0 Å². The van der Waals surface area contributed by atoms with E-state index in [1.54, 1.807) is 0 Å². The summed E-state index contributed by atoms with van der Waals surface area (Å²) in [4.78, 5) is 18.9. The lowest BCUT2D eigenvalue weighted by atomic mass is 10.1. The largest absolute Gasteiger partial charge is 0.480 e. The van der Waals surface area contributed by atoms with Gasteiger partial charge in [-0.05, 0) is 38.4 Å². The highest BCUT2D eigenvalue weighted by Crippen LogP contribution is 2.36. The lowest BCUT2D eigenvalue weighted by Crippen LogP contribution is -2.36. The minimum absolute atomic E-state index is 0.0106. The highest BCUT2D eigenvalue weighted by atomic mass is 35.5. The number of pyridine rings is 1. The summed E-state index contributed by atoms with van der Waals surface area (Å²) < 4.78 is 14.2. The molecule has 142 valence electrons. The van der Waals surface area contributed by atoms with Crippen molar-refractivity contribution in [3.63, 3.8) is 0 Å². The van der Waals surface area contributed by atoms with Crippen LogP contribution in [0.25, 0.3) is 10.9 Å². The fraction of sp³-hybridized carbons (Fsp3) is 0.421. The Bertz CT molecular complexity index is 915. The summed E-state index contributed by atoms with van der Waals surface area (Å²) in [5.41, 5.74) is 1.11. The van der Waals surface area contributed by atoms with Gasteiger partial charge in [-0.2, -0.15) is 5.26 Å². The number of carboxylic acids is 1. The summed E-state index contributed by atoms with van der Waals surface area (Å²) >= 11 is 6.34. The lowest BCUT2D eigenvalue weighted by molar-refractivity contribution is -0.138. The van der Waals surface area contributed by atoms with Crippen LogP contribution in [0.2, 0.25) is 5.02 Å². The smallest absolute Gasteiger partial charge is 0.317 e. The predicted octanol–water partition coefficient (Wildman–Crippen LogP) is 3.27. The molecular weight excluding hydrogens is 371 g/mol. The Balaban J connectivity index is 1.97. The number of hydrogen-bond acceptors (Lipinski definition) is 5. The SMILES string of the molecule is CN(CC(=O)O)C1CCCN(c2c(C#N)cnc3c(F)ccc(Cl)c23)CC1. The minimum Gasteiger partial charge on any atom is -0.480 e. The third kappa shape index (κ3) is 3.97. The molecule has 0 amide bonds. The molecule has 2 heterocycles. The minimum atomic E-state index is -0.854. The molecule has 0 aliphatic carbocycles. The van der Waals surface area contributed by atoms with E-state index in [9.17, 15) is 14.4 Å². The zero-order valence-electron chi connectivity index (χ0n) is 15.0. The molecule has 0 saturated carbocycles. The molecule has 2 aromatic rings. The Morgan fingerprint density at radius 2 is 2.26 bits per heavy atom. The van der Waals surface area contributed by atoms with Gasteiger partial charge in [0.15, 0.2) is 0 Å². The second-order valence-corrected chi connectivity index (χ2v) is 7.17. The number of aromatic nitrogens is 1. The lowest BCUT2D eigenvalue weighted by Gasteiger charge is -2.27. The maximum Gasteiger partial charge on any atom is 0.317 e. The fourth-order valence-corrected chi connectivity index (χ4v) is 3.96. The molecule has 1 aromatic carbocycles. The Kier molecular flexibility index (Phi) is 5.78. The van der Waals surface area contributed by atoms with Crippen LogP contribution >= 0.6 is 11.6 Å². The van der Waals surface area contributed by atoms with Gasteiger partial charge in [0.1, 0.15) is 17.4 Å². The van der Waals surface area contributed by atoms with Gasteiger partial charge in [0.05, 0.1) is 22.8 Å². The molecule has 1 aromatic heterocycles. The molecule has 0 radical (unpaired) electrons. The van der Waals surface area contributed by atoms with Crippen molar-refractivity contribution in [1.82, 2.24) is 9.88 Å². The molecule has 1 aliphatic heterocycles. The quantitative estimate of drug-likeness (QED) is 0.862. The van der Waals surface area contributed by atoms with Crippen molar-refractivity contribution in [2.24, 2.45) is 0 Å². The van der Waals surface area contributed by atoms with Crippen molar-refractivity contribution in [2.45, 2.75) is 25.3 Å². The molecule has 0 spiro atoms. The third-order valence-electron chi connectivity index (χ3n) is 5.03. The van der Waals surface area contributed by atoms with E-state index in [4.69, 9.17) is 16.7 Å². The number of halogens is 2. The molecule has 1 N–H and O–H groups in total. The number of aliphatic carboxylic acids is 1. The monoisotopic (exact) mass is 390 g/mol. The number of anilines is 1. The molecule has 1 saturated heterocycles. The van der Waals surface area contributed by atoms with Crippen LogP contribution in [0.3, 0.4) is 0 Å². The Morgan fingerprint density at radius 3 is 2.96 bits per heavy atom. The second-order valence-electron chi connectivity index (χ2n) is 6.77. The van der Waals surface area contributed by atoms with Crippen molar-refractivity contribution >= 4 is 34.2 Å². The number of benzene rings is 1. The highest BCUT2D eigenvalue weighted by molar-refractivity contribution is 6.36. The molecule has 1 atom stereocenters. The maximum absolute atomic E-state index is 14.2. The summed E-state index contributed by atoms with van der Waals surface area (Å²) in [5.74, 6) is -1.33. The van der Waals surface area contributed by atoms with Crippen LogP contribution < -0.4 is 4.90 Å². The summed E-state index contributed by atoms with van der Waals surface area (Å²) in [5, 5.41) is 19.4. The predicted molar refractivity (Wildman–Crippen MR) is 102 cm³/mol. The van der Waals surface area contributed by atoms with Gasteiger partial charge in [0.25, 0.3) is 0 Å². The van der Waals surface area contributed by atoms with Crippen molar-refractivity contribution in [1.29, 1.82) is 5.26 Å². The van der Waals surface area contributed by atoms with E-state index in [1.165, 1.54) is 18.3 Å². The van der Waals surface area contributed by atoms with Crippen LogP contribution in [0.4, 0.5) is 10.1 Å². The van der Waals surface area contributed by atoms with Crippen molar-refractivity contribution in [3.05, 3.63) is 34.7 Å². The van der Waals surface area contributed by atoms with Gasteiger partial charge < -0.3 is 10.0 Å². The topological polar surface area (TPSA) is 80.5 Å². The van der Waals surface area contributed by atoms with Gasteiger partial charge in [-0.3, -0.25) is 14.7 Å². The Morgan fingerprint density at radius 1 is 1.48 bits per heavy atom. The van der Waals surface area contributed by atoms with Crippen LogP contribution in [0.5, 0.6) is 0 Å². The zero-order valence-corrected chi connectivity index (χ0v) is 15.7. The number of nitriles is 1. The first kappa shape index (κ1) is 19.3. The Labute approximate surface area is 161 Å². The number of rotatable bonds is 4. The van der Waals surface area contributed by atoms with Crippen LogP contribution in [-0.2, 0) is 4.79 Å². The first-order valence-corrected chi connectivity index (χ1v) is 9.14. The molecule has 8 heteroatoms. The van der Waals surface area contributed by atoms with E-state index in [-0.39, 0.29) is 18.1 Å². The van der Waals surface area contributed by atoms with Gasteiger partial charge in [-0.25, -0.2) is 4.39 Å². The van der Waals surface area contributed by atoms with Crippen molar-refractivity contribution in [3.8, 4) is 6.07 Å². The number of nitrogens with zero attached hydrogens (tertiary/aromatic N) is 4. The normalized spacial score (nSPS) is 17.7. The van der Waals surface area contributed by atoms with E-state index in [1.807, 2.05) is 16.8 Å². The standard InChI is InChI=1S/C19H20ClFN4O2/c1-24(11-16(26)27)13-3-2-7-25(8-6-13)19-12(9-22)10-23-18-15(21)5-4-14(20)17(18)19/h4-5,10,13H,2-3,6-8,11H2,1H3,(H,26,27). The summed E-state index contributed by atoms with van der Waals surface area (Å²) in [6, 6.07) is 5.02. The van der Waals surface area contributed by atoms with E-state index in [2.05, 4.69) is 11.1 Å². The number of carbonyl (C=O) groups is 1. The van der Waals surface area contributed by atoms with E-state index >= 15 is 0 Å². The first-order valence-electron chi connectivity index (χ1n) is 8.76. The van der Waals surface area contributed by atoms with E-state index in [0.29, 0.717) is 34.7 Å². The highest BCUT2D eigenvalue weighted by Gasteiger charge is 2.25. The molecule has 6 nitrogen and oxygen atoms in total. The first-order chi connectivity index (χ1) is 12.9. The second kappa shape index (κ2) is 8.07. The molecule has 27 heavy (non-hydrogen) atoms. The average molecular weight is 391 g/mol. The van der Waals surface area contributed by atoms with Crippen LogP contribution in [0, 0.1) is 17.1 Å². The maximum atomic E-state index is 14.2. The summed E-state index contributed by atoms with van der Waals surface area (Å²) in [7, 11) is 1.81. The number of hydrogen-bond donors (Lipinski definition) is 1. The third-order valence-corrected chi connectivity index (χ3v) is 5.35. The average Bonchev–Trinajstić information content (AvgIpc) is 2.89. The summed E-state index contributed by atoms with van der Waals surface area (Å²) in [6.07, 6.45) is 3.81. The summed E-state index contributed by atoms with van der Waals surface area (Å²) in [6.45, 7) is 1.29. The number of carboxylic acid groups (broad SMARTS) is 1. The van der Waals surface area contributed by atoms with E-state index in [0.717, 1.165) is 19.3 Å². The van der Waals surface area contributed by atoms with Crippen molar-refractivity contribution < 1.29 is 14.3 Å². The van der Waals surface area contributed by atoms with E-state index < -0.39 is 11.8 Å². The molecule has 1 unspecified atom stereocenters. The molecule has 0 bridgehead atoms. The molecular formula is C19H20ClFN4O2. The molecule has 1 aliphatic rings. The number of likely N-dealkylation sites (N-methyl/N-ethyl adjacent to an activating group) is 1.